The maximum Gasteiger partial charge on any atom is 0.0645 e. The van der Waals surface area contributed by atoms with Crippen LogP contribution in [0.5, 0.6) is 0 Å². The second-order valence-electron chi connectivity index (χ2n) is 9.49. The molecule has 31 heavy (non-hydrogen) atoms. The Morgan fingerprint density at radius 2 is 1.68 bits per heavy atom. The summed E-state index contributed by atoms with van der Waals surface area (Å²) in [5.41, 5.74) is 5.67. The van der Waals surface area contributed by atoms with Crippen LogP contribution in [0.25, 0.3) is 10.8 Å². The van der Waals surface area contributed by atoms with Gasteiger partial charge in [0, 0.05) is 24.1 Å². The van der Waals surface area contributed by atoms with E-state index in [9.17, 15) is 0 Å². The molecule has 5 atom stereocenters. The number of halogens is 2. The molecule has 0 amide bonds. The Morgan fingerprint density at radius 3 is 2.61 bits per heavy atom. The summed E-state index contributed by atoms with van der Waals surface area (Å²) >= 11 is 13.3. The van der Waals surface area contributed by atoms with E-state index in [-0.39, 0.29) is 6.04 Å². The van der Waals surface area contributed by atoms with Crippen molar-refractivity contribution in [2.75, 3.05) is 11.4 Å². The quantitative estimate of drug-likeness (QED) is 0.343. The molecule has 0 N–H and O–H groups in total. The Balaban J connectivity index is 1.56. The molecule has 0 unspecified atom stereocenters. The monoisotopic (exact) mass is 443 g/mol. The van der Waals surface area contributed by atoms with Crippen molar-refractivity contribution in [2.24, 2.45) is 11.8 Å². The van der Waals surface area contributed by atoms with Crippen molar-refractivity contribution in [3.8, 4) is 0 Å². The van der Waals surface area contributed by atoms with Crippen LogP contribution in [-0.2, 0) is 0 Å². The van der Waals surface area contributed by atoms with Crippen LogP contribution in [0.1, 0.15) is 47.4 Å². The standard InChI is InChI=1S/C28H23Cl2N/c29-24-13-5-12-22(26(24)30)27-21-11-4-10-20(21)25-19-8-2-1-6-16(19)14-23-18-9-3-7-17(18)15-31(27)28(23)25/h1-6,8-10,12-14,17-18,20-21,27H,7,11,15H2/t17-,18+,20-,21-,27-/m1/s1. The summed E-state index contributed by atoms with van der Waals surface area (Å²) in [6.45, 7) is 1.08. The van der Waals surface area contributed by atoms with Crippen molar-refractivity contribution in [3.05, 3.63) is 99.6 Å². The Hall–Kier alpha value is -2.22. The molecule has 3 heteroatoms. The first-order valence-corrected chi connectivity index (χ1v) is 12.1. The zero-order valence-electron chi connectivity index (χ0n) is 17.1. The SMILES string of the molecule is Clc1cccc([C@H]2[C@@H]3CC=C[C@H]3c3c4c(cc5ccccc35)[C@H]3C=CC[C@@H]3CN42)c1Cl. The van der Waals surface area contributed by atoms with E-state index in [1.165, 1.54) is 33.2 Å². The summed E-state index contributed by atoms with van der Waals surface area (Å²) in [7, 11) is 0. The van der Waals surface area contributed by atoms with Crippen molar-refractivity contribution in [1.82, 2.24) is 0 Å². The van der Waals surface area contributed by atoms with Gasteiger partial charge in [0.1, 0.15) is 0 Å². The van der Waals surface area contributed by atoms with E-state index in [2.05, 4.69) is 71.7 Å². The van der Waals surface area contributed by atoms with Crippen molar-refractivity contribution in [1.29, 1.82) is 0 Å². The first-order chi connectivity index (χ1) is 15.2. The predicted molar refractivity (Wildman–Crippen MR) is 130 cm³/mol. The third-order valence-electron chi connectivity index (χ3n) is 8.05. The number of nitrogens with zero attached hydrogens (tertiary/aromatic N) is 1. The van der Waals surface area contributed by atoms with Gasteiger partial charge in [-0.2, -0.15) is 0 Å². The smallest absolute Gasteiger partial charge is 0.0645 e. The molecule has 0 spiro atoms. The fourth-order valence-electron chi connectivity index (χ4n) is 6.83. The van der Waals surface area contributed by atoms with Gasteiger partial charge in [-0.3, -0.25) is 0 Å². The number of rotatable bonds is 1. The average molecular weight is 444 g/mol. The Bertz CT molecular complexity index is 1290. The molecule has 0 saturated heterocycles. The lowest BCUT2D eigenvalue weighted by Crippen LogP contribution is -2.46. The molecule has 7 rings (SSSR count). The maximum absolute atomic E-state index is 6.84. The molecule has 154 valence electrons. The van der Waals surface area contributed by atoms with Crippen LogP contribution >= 0.6 is 23.2 Å². The summed E-state index contributed by atoms with van der Waals surface area (Å²) in [6.07, 6.45) is 11.9. The average Bonchev–Trinajstić information content (AvgIpc) is 3.45. The second-order valence-corrected chi connectivity index (χ2v) is 10.3. The van der Waals surface area contributed by atoms with E-state index >= 15 is 0 Å². The van der Waals surface area contributed by atoms with Gasteiger partial charge in [-0.15, -0.1) is 0 Å². The molecule has 4 aliphatic rings. The van der Waals surface area contributed by atoms with Crippen molar-refractivity contribution in [2.45, 2.75) is 30.7 Å². The van der Waals surface area contributed by atoms with Crippen LogP contribution < -0.4 is 4.90 Å². The molecule has 3 aromatic carbocycles. The van der Waals surface area contributed by atoms with Crippen molar-refractivity contribution in [3.63, 3.8) is 0 Å². The van der Waals surface area contributed by atoms with Gasteiger partial charge in [-0.1, -0.05) is 83.9 Å². The van der Waals surface area contributed by atoms with Crippen LogP contribution in [0.4, 0.5) is 5.69 Å². The summed E-state index contributed by atoms with van der Waals surface area (Å²) in [5.74, 6) is 2.05. The minimum absolute atomic E-state index is 0.250. The number of hydrogen-bond donors (Lipinski definition) is 0. The molecule has 2 aliphatic heterocycles. The van der Waals surface area contributed by atoms with Crippen LogP contribution in [0.2, 0.25) is 10.0 Å². The van der Waals surface area contributed by atoms with Crippen LogP contribution in [0.3, 0.4) is 0 Å². The highest BCUT2D eigenvalue weighted by molar-refractivity contribution is 6.42. The highest BCUT2D eigenvalue weighted by atomic mass is 35.5. The van der Waals surface area contributed by atoms with E-state index < -0.39 is 0 Å². The van der Waals surface area contributed by atoms with Gasteiger partial charge in [-0.05, 0) is 64.3 Å². The molecule has 0 radical (unpaired) electrons. The number of hydrogen-bond acceptors (Lipinski definition) is 1. The number of allylic oxidation sites excluding steroid dienone is 4. The minimum atomic E-state index is 0.250. The Morgan fingerprint density at radius 1 is 0.839 bits per heavy atom. The molecule has 2 heterocycles. The topological polar surface area (TPSA) is 3.24 Å². The zero-order chi connectivity index (χ0) is 20.7. The van der Waals surface area contributed by atoms with Gasteiger partial charge in [0.05, 0.1) is 16.1 Å². The molecule has 3 aromatic rings. The summed E-state index contributed by atoms with van der Waals surface area (Å²) in [4.78, 5) is 2.71. The van der Waals surface area contributed by atoms with Gasteiger partial charge < -0.3 is 4.90 Å². The molecule has 2 aliphatic carbocycles. The molecule has 0 saturated carbocycles. The highest BCUT2D eigenvalue weighted by Crippen LogP contribution is 2.61. The molecule has 0 bridgehead atoms. The van der Waals surface area contributed by atoms with Crippen molar-refractivity contribution >= 4 is 39.7 Å². The number of anilines is 1. The third-order valence-corrected chi connectivity index (χ3v) is 8.88. The fourth-order valence-corrected chi connectivity index (χ4v) is 7.25. The van der Waals surface area contributed by atoms with E-state index in [0.717, 1.165) is 24.4 Å². The van der Waals surface area contributed by atoms with Gasteiger partial charge in [-0.25, -0.2) is 0 Å². The summed E-state index contributed by atoms with van der Waals surface area (Å²) in [5, 5.41) is 4.15. The van der Waals surface area contributed by atoms with E-state index in [1.54, 1.807) is 0 Å². The highest BCUT2D eigenvalue weighted by Gasteiger charge is 2.48. The Kier molecular flexibility index (Phi) is 3.93. The Labute approximate surface area is 193 Å². The molecule has 1 nitrogen and oxygen atoms in total. The van der Waals surface area contributed by atoms with Gasteiger partial charge >= 0.3 is 0 Å². The first kappa shape index (κ1) is 18.4. The maximum atomic E-state index is 6.84. The van der Waals surface area contributed by atoms with E-state index in [4.69, 9.17) is 23.2 Å². The largest absolute Gasteiger partial charge is 0.363 e. The van der Waals surface area contributed by atoms with Gasteiger partial charge in [0.25, 0.3) is 0 Å². The van der Waals surface area contributed by atoms with Crippen LogP contribution in [0, 0.1) is 11.8 Å². The van der Waals surface area contributed by atoms with Crippen LogP contribution in [0.15, 0.2) is 72.8 Å². The predicted octanol–water partition coefficient (Wildman–Crippen LogP) is 8.04. The van der Waals surface area contributed by atoms with E-state index in [0.29, 0.717) is 28.7 Å². The van der Waals surface area contributed by atoms with Crippen molar-refractivity contribution < 1.29 is 0 Å². The normalized spacial score (nSPS) is 29.9. The lowest BCUT2D eigenvalue weighted by atomic mass is 9.69. The third kappa shape index (κ3) is 2.45. The minimum Gasteiger partial charge on any atom is -0.363 e. The lowest BCUT2D eigenvalue weighted by Gasteiger charge is -2.52. The van der Waals surface area contributed by atoms with E-state index in [1.807, 2.05) is 6.07 Å². The van der Waals surface area contributed by atoms with Crippen LogP contribution in [-0.4, -0.2) is 6.54 Å². The second kappa shape index (κ2) is 6.64. The van der Waals surface area contributed by atoms with Gasteiger partial charge in [0.15, 0.2) is 0 Å². The number of benzene rings is 3. The number of fused-ring (bicyclic) bond motifs is 6. The van der Waals surface area contributed by atoms with Gasteiger partial charge in [0.2, 0.25) is 0 Å². The lowest BCUT2D eigenvalue weighted by molar-refractivity contribution is 0.336. The summed E-state index contributed by atoms with van der Waals surface area (Å²) < 4.78 is 0. The zero-order valence-corrected chi connectivity index (χ0v) is 18.7. The first-order valence-electron chi connectivity index (χ1n) is 11.3. The summed E-state index contributed by atoms with van der Waals surface area (Å²) in [6, 6.07) is 17.8. The molecule has 0 aromatic heterocycles. The fraction of sp³-hybridized carbons (Fsp3) is 0.286. The molecule has 0 fully saturated rings. The molecular weight excluding hydrogens is 421 g/mol. The molecular formula is C28H23Cl2N.